The Bertz CT molecular complexity index is 750. The average molecular weight is 328 g/mol. The summed E-state index contributed by atoms with van der Waals surface area (Å²) in [6.07, 6.45) is 3.63. The van der Waals surface area contributed by atoms with Gasteiger partial charge in [-0.05, 0) is 46.1 Å². The van der Waals surface area contributed by atoms with E-state index in [9.17, 15) is 0 Å². The standard InChI is InChI=1S/C16H14BrN3/c1-11-8-14(17)10-20-16(11)19-9-13-5-2-4-12-6-3-7-18-15(12)13/h2-8,10H,9H2,1H3,(H,19,20). The van der Waals surface area contributed by atoms with Crippen LogP contribution in [0.25, 0.3) is 10.9 Å². The first kappa shape index (κ1) is 13.1. The van der Waals surface area contributed by atoms with Crippen LogP contribution in [0.2, 0.25) is 0 Å². The molecule has 0 saturated carbocycles. The molecule has 100 valence electrons. The minimum absolute atomic E-state index is 0.712. The summed E-state index contributed by atoms with van der Waals surface area (Å²) >= 11 is 3.42. The second-order valence-corrected chi connectivity index (χ2v) is 5.58. The third-order valence-corrected chi connectivity index (χ3v) is 3.64. The lowest BCUT2D eigenvalue weighted by Crippen LogP contribution is -2.04. The maximum absolute atomic E-state index is 4.46. The number of aromatic nitrogens is 2. The number of fused-ring (bicyclic) bond motifs is 1. The van der Waals surface area contributed by atoms with Gasteiger partial charge in [0.2, 0.25) is 0 Å². The van der Waals surface area contributed by atoms with Gasteiger partial charge in [-0.2, -0.15) is 0 Å². The fraction of sp³-hybridized carbons (Fsp3) is 0.125. The highest BCUT2D eigenvalue weighted by molar-refractivity contribution is 9.10. The van der Waals surface area contributed by atoms with Crippen molar-refractivity contribution in [2.45, 2.75) is 13.5 Å². The van der Waals surface area contributed by atoms with Gasteiger partial charge in [0.05, 0.1) is 5.52 Å². The van der Waals surface area contributed by atoms with Crippen LogP contribution in [-0.2, 0) is 6.54 Å². The molecule has 2 heterocycles. The van der Waals surface area contributed by atoms with Gasteiger partial charge in [0, 0.05) is 28.8 Å². The molecule has 1 aromatic carbocycles. The van der Waals surface area contributed by atoms with E-state index in [4.69, 9.17) is 0 Å². The van der Waals surface area contributed by atoms with E-state index in [1.54, 1.807) is 6.20 Å². The predicted molar refractivity (Wildman–Crippen MR) is 85.7 cm³/mol. The van der Waals surface area contributed by atoms with E-state index in [0.717, 1.165) is 26.8 Å². The Balaban J connectivity index is 1.87. The molecule has 2 aromatic heterocycles. The van der Waals surface area contributed by atoms with Gasteiger partial charge in [-0.25, -0.2) is 4.98 Å². The number of hydrogen-bond donors (Lipinski definition) is 1. The minimum Gasteiger partial charge on any atom is -0.366 e. The Morgan fingerprint density at radius 2 is 2.00 bits per heavy atom. The molecule has 4 heteroatoms. The van der Waals surface area contributed by atoms with Crippen molar-refractivity contribution in [1.29, 1.82) is 0 Å². The summed E-state index contributed by atoms with van der Waals surface area (Å²) in [5.41, 5.74) is 3.33. The predicted octanol–water partition coefficient (Wildman–Crippen LogP) is 4.31. The highest BCUT2D eigenvalue weighted by Gasteiger charge is 2.04. The van der Waals surface area contributed by atoms with E-state index in [2.05, 4.69) is 61.5 Å². The zero-order chi connectivity index (χ0) is 13.9. The molecule has 0 saturated heterocycles. The molecule has 3 rings (SSSR count). The smallest absolute Gasteiger partial charge is 0.129 e. The molecule has 0 radical (unpaired) electrons. The van der Waals surface area contributed by atoms with Gasteiger partial charge in [-0.15, -0.1) is 0 Å². The summed E-state index contributed by atoms with van der Waals surface area (Å²) < 4.78 is 0.993. The first-order valence-electron chi connectivity index (χ1n) is 6.43. The zero-order valence-corrected chi connectivity index (χ0v) is 12.7. The summed E-state index contributed by atoms with van der Waals surface area (Å²) in [6.45, 7) is 2.76. The molecule has 0 aliphatic carbocycles. The summed E-state index contributed by atoms with van der Waals surface area (Å²) in [5.74, 6) is 0.904. The Kier molecular flexibility index (Phi) is 3.65. The molecule has 0 amide bonds. The minimum atomic E-state index is 0.712. The fourth-order valence-electron chi connectivity index (χ4n) is 2.21. The molecular formula is C16H14BrN3. The van der Waals surface area contributed by atoms with Crippen LogP contribution in [0.5, 0.6) is 0 Å². The van der Waals surface area contributed by atoms with E-state index in [1.807, 2.05) is 19.2 Å². The van der Waals surface area contributed by atoms with E-state index >= 15 is 0 Å². The van der Waals surface area contributed by atoms with Crippen molar-refractivity contribution in [2.24, 2.45) is 0 Å². The number of aryl methyl sites for hydroxylation is 1. The summed E-state index contributed by atoms with van der Waals surface area (Å²) in [6, 6.07) is 12.3. The molecule has 0 bridgehead atoms. The molecule has 1 N–H and O–H groups in total. The lowest BCUT2D eigenvalue weighted by molar-refractivity contribution is 1.10. The lowest BCUT2D eigenvalue weighted by Gasteiger charge is -2.10. The van der Waals surface area contributed by atoms with Crippen molar-refractivity contribution in [3.8, 4) is 0 Å². The van der Waals surface area contributed by atoms with E-state index in [1.165, 1.54) is 5.56 Å². The Hall–Kier alpha value is -1.94. The number of rotatable bonds is 3. The highest BCUT2D eigenvalue weighted by Crippen LogP contribution is 2.20. The summed E-state index contributed by atoms with van der Waals surface area (Å²) in [4.78, 5) is 8.86. The molecule has 3 aromatic rings. The van der Waals surface area contributed by atoms with E-state index in [-0.39, 0.29) is 0 Å². The van der Waals surface area contributed by atoms with Gasteiger partial charge in [-0.3, -0.25) is 4.98 Å². The first-order chi connectivity index (χ1) is 9.74. The van der Waals surface area contributed by atoms with Crippen LogP contribution < -0.4 is 5.32 Å². The molecule has 0 aliphatic rings. The van der Waals surface area contributed by atoms with Crippen LogP contribution in [0.3, 0.4) is 0 Å². The van der Waals surface area contributed by atoms with Crippen molar-refractivity contribution in [2.75, 3.05) is 5.32 Å². The van der Waals surface area contributed by atoms with Crippen LogP contribution in [0.1, 0.15) is 11.1 Å². The molecule has 3 nitrogen and oxygen atoms in total. The van der Waals surface area contributed by atoms with Crippen molar-refractivity contribution in [3.05, 3.63) is 64.4 Å². The van der Waals surface area contributed by atoms with Crippen LogP contribution in [0, 0.1) is 6.92 Å². The number of nitrogens with zero attached hydrogens (tertiary/aromatic N) is 2. The van der Waals surface area contributed by atoms with E-state index in [0.29, 0.717) is 6.54 Å². The summed E-state index contributed by atoms with van der Waals surface area (Å²) in [5, 5.41) is 4.54. The Morgan fingerprint density at radius 1 is 1.15 bits per heavy atom. The van der Waals surface area contributed by atoms with Crippen LogP contribution in [0.4, 0.5) is 5.82 Å². The largest absolute Gasteiger partial charge is 0.366 e. The topological polar surface area (TPSA) is 37.8 Å². The monoisotopic (exact) mass is 327 g/mol. The van der Waals surface area contributed by atoms with E-state index < -0.39 is 0 Å². The fourth-order valence-corrected chi connectivity index (χ4v) is 2.66. The third kappa shape index (κ3) is 2.65. The molecular weight excluding hydrogens is 314 g/mol. The van der Waals surface area contributed by atoms with Gasteiger partial charge >= 0.3 is 0 Å². The molecule has 0 unspecified atom stereocenters. The molecule has 20 heavy (non-hydrogen) atoms. The van der Waals surface area contributed by atoms with Crippen LogP contribution in [0.15, 0.2) is 53.3 Å². The molecule has 0 atom stereocenters. The molecule has 0 spiro atoms. The number of benzene rings is 1. The molecule has 0 fully saturated rings. The van der Waals surface area contributed by atoms with Crippen LogP contribution in [-0.4, -0.2) is 9.97 Å². The highest BCUT2D eigenvalue weighted by atomic mass is 79.9. The van der Waals surface area contributed by atoms with Crippen molar-refractivity contribution in [3.63, 3.8) is 0 Å². The van der Waals surface area contributed by atoms with Gasteiger partial charge in [0.1, 0.15) is 5.82 Å². The first-order valence-corrected chi connectivity index (χ1v) is 7.22. The quantitative estimate of drug-likeness (QED) is 0.778. The molecule has 0 aliphatic heterocycles. The number of pyridine rings is 2. The summed E-state index contributed by atoms with van der Waals surface area (Å²) in [7, 11) is 0. The SMILES string of the molecule is Cc1cc(Br)cnc1NCc1cccc2cccnc12. The van der Waals surface area contributed by atoms with Crippen LogP contribution >= 0.6 is 15.9 Å². The van der Waals surface area contributed by atoms with Gasteiger partial charge in [0.15, 0.2) is 0 Å². The third-order valence-electron chi connectivity index (χ3n) is 3.21. The maximum Gasteiger partial charge on any atom is 0.129 e. The van der Waals surface area contributed by atoms with Crippen molar-refractivity contribution < 1.29 is 0 Å². The number of nitrogens with one attached hydrogen (secondary N) is 1. The van der Waals surface area contributed by atoms with Crippen molar-refractivity contribution >= 4 is 32.7 Å². The number of hydrogen-bond acceptors (Lipinski definition) is 3. The second kappa shape index (κ2) is 5.59. The average Bonchev–Trinajstić information content (AvgIpc) is 2.46. The van der Waals surface area contributed by atoms with Gasteiger partial charge in [-0.1, -0.05) is 24.3 Å². The van der Waals surface area contributed by atoms with Crippen molar-refractivity contribution in [1.82, 2.24) is 9.97 Å². The number of halogens is 1. The second-order valence-electron chi connectivity index (χ2n) is 4.66. The normalized spacial score (nSPS) is 10.7. The number of anilines is 1. The Labute approximate surface area is 126 Å². The van der Waals surface area contributed by atoms with Gasteiger partial charge < -0.3 is 5.32 Å². The zero-order valence-electron chi connectivity index (χ0n) is 11.1. The lowest BCUT2D eigenvalue weighted by atomic mass is 10.1. The maximum atomic E-state index is 4.46. The number of para-hydroxylation sites is 1. The van der Waals surface area contributed by atoms with Gasteiger partial charge in [0.25, 0.3) is 0 Å². The Morgan fingerprint density at radius 3 is 2.85 bits per heavy atom.